The van der Waals surface area contributed by atoms with E-state index < -0.39 is 5.82 Å². The topological polar surface area (TPSA) is 51.2 Å². The lowest BCUT2D eigenvalue weighted by atomic mass is 9.91. The number of esters is 1. The van der Waals surface area contributed by atoms with Crippen molar-refractivity contribution in [3.63, 3.8) is 0 Å². The third-order valence-corrected chi connectivity index (χ3v) is 6.96. The number of aromatic nitrogens is 1. The molecular formula is C29H36ClFN2O2. The number of ether oxygens (including phenoxy) is 1. The zero-order chi connectivity index (χ0) is 25.2. The van der Waals surface area contributed by atoms with Gasteiger partial charge in [-0.05, 0) is 93.5 Å². The van der Waals surface area contributed by atoms with Crippen molar-refractivity contribution in [3.8, 4) is 0 Å². The summed E-state index contributed by atoms with van der Waals surface area (Å²) in [7, 11) is 1.39. The molecule has 0 bridgehead atoms. The standard InChI is InChI=1S/C29H36ClFN2O2/c1-20(9-4-5-13-24-17-16-22-12-8-18-32-28(22)33-24)10-6-11-23(29(34)35-3)19-21(2)25-14-7-15-26(31)27(25)30/h7,10,14-17,23H,2,4-6,8-9,11-13,18-19H2,1,3H3,(H,32,33)/b20-10+/t23-/m1/s1. The maximum Gasteiger partial charge on any atom is 0.308 e. The summed E-state index contributed by atoms with van der Waals surface area (Å²) in [5.41, 5.74) is 4.97. The Balaban J connectivity index is 1.44. The Morgan fingerprint density at radius 3 is 2.94 bits per heavy atom. The highest BCUT2D eigenvalue weighted by atomic mass is 35.5. The number of anilines is 1. The number of carbonyl (C=O) groups excluding carboxylic acids is 1. The van der Waals surface area contributed by atoms with Crippen molar-refractivity contribution in [2.75, 3.05) is 19.0 Å². The van der Waals surface area contributed by atoms with E-state index >= 15 is 0 Å². The number of allylic oxidation sites excluding steroid dienone is 3. The van der Waals surface area contributed by atoms with Crippen molar-refractivity contribution in [1.29, 1.82) is 0 Å². The molecule has 0 aliphatic carbocycles. The third kappa shape index (κ3) is 7.93. The molecular weight excluding hydrogens is 463 g/mol. The van der Waals surface area contributed by atoms with Gasteiger partial charge in [0, 0.05) is 12.2 Å². The van der Waals surface area contributed by atoms with Crippen molar-refractivity contribution in [3.05, 3.63) is 76.2 Å². The Kier molecular flexibility index (Phi) is 10.3. The molecule has 0 radical (unpaired) electrons. The van der Waals surface area contributed by atoms with Crippen molar-refractivity contribution in [2.45, 2.75) is 64.7 Å². The molecule has 3 rings (SSSR count). The minimum atomic E-state index is -0.488. The molecule has 0 fully saturated rings. The van der Waals surface area contributed by atoms with Crippen LogP contribution in [-0.2, 0) is 22.4 Å². The average molecular weight is 499 g/mol. The van der Waals surface area contributed by atoms with E-state index in [9.17, 15) is 9.18 Å². The first-order valence-corrected chi connectivity index (χ1v) is 12.8. The second-order valence-electron chi connectivity index (χ2n) is 9.30. The number of rotatable bonds is 12. The second kappa shape index (κ2) is 13.4. The van der Waals surface area contributed by atoms with Gasteiger partial charge in [-0.25, -0.2) is 9.37 Å². The van der Waals surface area contributed by atoms with Crippen molar-refractivity contribution >= 4 is 29.0 Å². The average Bonchev–Trinajstić information content (AvgIpc) is 2.87. The van der Waals surface area contributed by atoms with Crippen LogP contribution in [0.25, 0.3) is 5.57 Å². The van der Waals surface area contributed by atoms with Gasteiger partial charge < -0.3 is 10.1 Å². The highest BCUT2D eigenvalue weighted by molar-refractivity contribution is 6.32. The van der Waals surface area contributed by atoms with E-state index in [1.165, 1.54) is 30.7 Å². The molecule has 1 N–H and O–H groups in total. The van der Waals surface area contributed by atoms with Crippen LogP contribution in [0.5, 0.6) is 0 Å². The first kappa shape index (κ1) is 26.9. The number of fused-ring (bicyclic) bond motifs is 1. The molecule has 1 aromatic heterocycles. The number of carbonyl (C=O) groups is 1. The van der Waals surface area contributed by atoms with Gasteiger partial charge in [0.1, 0.15) is 11.6 Å². The minimum Gasteiger partial charge on any atom is -0.469 e. The fourth-order valence-electron chi connectivity index (χ4n) is 4.51. The molecule has 1 aliphatic rings. The number of nitrogens with one attached hydrogen (secondary N) is 1. The lowest BCUT2D eigenvalue weighted by molar-refractivity contribution is -0.145. The van der Waals surface area contributed by atoms with E-state index in [4.69, 9.17) is 21.3 Å². The van der Waals surface area contributed by atoms with E-state index in [1.807, 2.05) is 0 Å². The first-order valence-electron chi connectivity index (χ1n) is 12.5. The predicted octanol–water partition coefficient (Wildman–Crippen LogP) is 7.56. The van der Waals surface area contributed by atoms with Crippen LogP contribution in [0.15, 0.2) is 48.6 Å². The van der Waals surface area contributed by atoms with Crippen LogP contribution in [0.2, 0.25) is 5.02 Å². The Morgan fingerprint density at radius 1 is 1.31 bits per heavy atom. The van der Waals surface area contributed by atoms with E-state index in [0.29, 0.717) is 24.0 Å². The number of benzene rings is 1. The van der Waals surface area contributed by atoms with Crippen LogP contribution in [0.3, 0.4) is 0 Å². The van der Waals surface area contributed by atoms with E-state index in [-0.39, 0.29) is 16.9 Å². The summed E-state index contributed by atoms with van der Waals surface area (Å²) in [6.07, 6.45) is 10.5. The lowest BCUT2D eigenvalue weighted by Crippen LogP contribution is -2.16. The molecule has 1 atom stereocenters. The molecule has 35 heavy (non-hydrogen) atoms. The van der Waals surface area contributed by atoms with Crippen molar-refractivity contribution in [2.24, 2.45) is 5.92 Å². The molecule has 0 saturated heterocycles. The molecule has 0 saturated carbocycles. The summed E-state index contributed by atoms with van der Waals surface area (Å²) in [5, 5.41) is 3.44. The lowest BCUT2D eigenvalue weighted by Gasteiger charge is -2.17. The third-order valence-electron chi connectivity index (χ3n) is 6.57. The van der Waals surface area contributed by atoms with E-state index in [1.54, 1.807) is 12.1 Å². The Bertz CT molecular complexity index is 1070. The van der Waals surface area contributed by atoms with Crippen LogP contribution in [-0.4, -0.2) is 24.6 Å². The van der Waals surface area contributed by atoms with Crippen LogP contribution in [0.1, 0.15) is 68.7 Å². The number of halogens is 2. The van der Waals surface area contributed by atoms with Gasteiger partial charge in [-0.2, -0.15) is 0 Å². The molecule has 6 heteroatoms. The van der Waals surface area contributed by atoms with Gasteiger partial charge in [-0.1, -0.05) is 48.0 Å². The maximum absolute atomic E-state index is 13.8. The highest BCUT2D eigenvalue weighted by Gasteiger charge is 2.21. The molecule has 2 aromatic rings. The maximum atomic E-state index is 13.8. The number of nitrogens with zero attached hydrogens (tertiary/aromatic N) is 1. The minimum absolute atomic E-state index is 0.0405. The smallest absolute Gasteiger partial charge is 0.308 e. The normalized spacial score (nSPS) is 14.1. The predicted molar refractivity (Wildman–Crippen MR) is 142 cm³/mol. The van der Waals surface area contributed by atoms with Gasteiger partial charge in [0.05, 0.1) is 18.1 Å². The molecule has 4 nitrogen and oxygen atoms in total. The van der Waals surface area contributed by atoms with Gasteiger partial charge in [-0.15, -0.1) is 0 Å². The van der Waals surface area contributed by atoms with Crippen LogP contribution < -0.4 is 5.32 Å². The number of unbranched alkanes of at least 4 members (excludes halogenated alkanes) is 1. The zero-order valence-electron chi connectivity index (χ0n) is 20.8. The molecule has 0 unspecified atom stereocenters. The number of aryl methyl sites for hydroxylation is 2. The van der Waals surface area contributed by atoms with Crippen LogP contribution in [0.4, 0.5) is 10.2 Å². The summed E-state index contributed by atoms with van der Waals surface area (Å²) >= 11 is 6.09. The van der Waals surface area contributed by atoms with E-state index in [0.717, 1.165) is 56.6 Å². The first-order chi connectivity index (χ1) is 16.9. The summed E-state index contributed by atoms with van der Waals surface area (Å²) in [6.45, 7) is 7.19. The molecule has 0 spiro atoms. The summed E-state index contributed by atoms with van der Waals surface area (Å²) in [6, 6.07) is 9.00. The quantitative estimate of drug-likeness (QED) is 0.186. The fraction of sp³-hybridized carbons (Fsp3) is 0.448. The molecule has 1 aliphatic heterocycles. The van der Waals surface area contributed by atoms with Crippen molar-refractivity contribution in [1.82, 2.24) is 4.98 Å². The molecule has 188 valence electrons. The molecule has 2 heterocycles. The summed E-state index contributed by atoms with van der Waals surface area (Å²) in [4.78, 5) is 17.1. The largest absolute Gasteiger partial charge is 0.469 e. The Morgan fingerprint density at radius 2 is 2.14 bits per heavy atom. The number of pyridine rings is 1. The van der Waals surface area contributed by atoms with Gasteiger partial charge in [-0.3, -0.25) is 4.79 Å². The highest BCUT2D eigenvalue weighted by Crippen LogP contribution is 2.31. The van der Waals surface area contributed by atoms with Gasteiger partial charge in [0.25, 0.3) is 0 Å². The van der Waals surface area contributed by atoms with Crippen molar-refractivity contribution < 1.29 is 13.9 Å². The van der Waals surface area contributed by atoms with Gasteiger partial charge in [0.2, 0.25) is 0 Å². The fourth-order valence-corrected chi connectivity index (χ4v) is 4.76. The number of hydrogen-bond acceptors (Lipinski definition) is 4. The monoisotopic (exact) mass is 498 g/mol. The SMILES string of the molecule is C=C(C[C@@H](CC/C=C(\C)CCCCc1ccc2c(n1)NCCC2)C(=O)OC)c1cccc(F)c1Cl. The molecule has 1 aromatic carbocycles. The van der Waals surface area contributed by atoms with Crippen LogP contribution in [0, 0.1) is 11.7 Å². The van der Waals surface area contributed by atoms with Crippen LogP contribution >= 0.6 is 11.6 Å². The van der Waals surface area contributed by atoms with Gasteiger partial charge in [0.15, 0.2) is 0 Å². The molecule has 0 amide bonds. The van der Waals surface area contributed by atoms with E-state index in [2.05, 4.69) is 37.0 Å². The second-order valence-corrected chi connectivity index (χ2v) is 9.68. The number of hydrogen-bond donors (Lipinski definition) is 1. The van der Waals surface area contributed by atoms with Gasteiger partial charge >= 0.3 is 5.97 Å². The summed E-state index contributed by atoms with van der Waals surface area (Å²) < 4.78 is 18.8. The summed E-state index contributed by atoms with van der Waals surface area (Å²) in [5.74, 6) is -0.0544. The Hall–Kier alpha value is -2.66. The zero-order valence-corrected chi connectivity index (χ0v) is 21.6. The Labute approximate surface area is 213 Å². The number of methoxy groups -OCH3 is 1.